The Hall–Kier alpha value is -1.10. The van der Waals surface area contributed by atoms with Crippen molar-refractivity contribution in [3.63, 3.8) is 0 Å². The SMILES string of the molecule is CCc1nnc(CNC(=O)C[C@H]2COCCN2S(=O)(=O)C2CC2)s1. The lowest BCUT2D eigenvalue weighted by molar-refractivity contribution is -0.123. The Labute approximate surface area is 145 Å². The quantitative estimate of drug-likeness (QED) is 0.737. The molecular formula is C14H22N4O4S2. The zero-order valence-corrected chi connectivity index (χ0v) is 15.2. The number of hydrogen-bond donors (Lipinski definition) is 1. The number of sulfonamides is 1. The van der Waals surface area contributed by atoms with Crippen molar-refractivity contribution >= 4 is 27.3 Å². The van der Waals surface area contributed by atoms with Gasteiger partial charge >= 0.3 is 0 Å². The zero-order chi connectivity index (χ0) is 17.2. The summed E-state index contributed by atoms with van der Waals surface area (Å²) in [5.41, 5.74) is 0. The van der Waals surface area contributed by atoms with Crippen LogP contribution in [0.25, 0.3) is 0 Å². The standard InChI is InChI=1S/C14H22N4O4S2/c1-2-13-16-17-14(23-13)8-15-12(19)7-10-9-22-6-5-18(10)24(20,21)11-3-4-11/h10-11H,2-9H2,1H3,(H,15,19)/t10-/m0/s1. The summed E-state index contributed by atoms with van der Waals surface area (Å²) in [5, 5.41) is 12.2. The van der Waals surface area contributed by atoms with E-state index in [-0.39, 0.29) is 24.2 Å². The van der Waals surface area contributed by atoms with Gasteiger partial charge in [0.1, 0.15) is 10.0 Å². The first kappa shape index (κ1) is 17.7. The van der Waals surface area contributed by atoms with Gasteiger partial charge in [0.15, 0.2) is 0 Å². The predicted octanol–water partition coefficient (Wildman–Crippen LogP) is 0.300. The molecule has 1 aromatic heterocycles. The van der Waals surface area contributed by atoms with E-state index in [1.54, 1.807) is 0 Å². The molecule has 0 bridgehead atoms. The number of nitrogens with one attached hydrogen (secondary N) is 1. The number of rotatable bonds is 7. The van der Waals surface area contributed by atoms with E-state index in [1.165, 1.54) is 15.6 Å². The molecule has 1 N–H and O–H groups in total. The maximum atomic E-state index is 12.5. The number of carbonyl (C=O) groups excluding carboxylic acids is 1. The molecule has 0 radical (unpaired) electrons. The Morgan fingerprint density at radius 2 is 2.12 bits per heavy atom. The zero-order valence-electron chi connectivity index (χ0n) is 13.6. The Balaban J connectivity index is 1.55. The lowest BCUT2D eigenvalue weighted by atomic mass is 10.2. The first-order valence-corrected chi connectivity index (χ1v) is 10.5. The lowest BCUT2D eigenvalue weighted by Gasteiger charge is -2.34. The number of nitrogens with zero attached hydrogens (tertiary/aromatic N) is 3. The van der Waals surface area contributed by atoms with Crippen molar-refractivity contribution < 1.29 is 17.9 Å². The summed E-state index contributed by atoms with van der Waals surface area (Å²) >= 11 is 1.47. The summed E-state index contributed by atoms with van der Waals surface area (Å²) in [4.78, 5) is 12.2. The molecule has 1 saturated heterocycles. The minimum Gasteiger partial charge on any atom is -0.378 e. The summed E-state index contributed by atoms with van der Waals surface area (Å²) in [5.74, 6) is -0.199. The number of amides is 1. The summed E-state index contributed by atoms with van der Waals surface area (Å²) in [6, 6.07) is -0.426. The van der Waals surface area contributed by atoms with Crippen molar-refractivity contribution in [2.45, 2.75) is 50.4 Å². The Morgan fingerprint density at radius 1 is 1.38 bits per heavy atom. The van der Waals surface area contributed by atoms with E-state index >= 15 is 0 Å². The number of carbonyl (C=O) groups is 1. The molecule has 1 amide bonds. The predicted molar refractivity (Wildman–Crippen MR) is 89.0 cm³/mol. The molecule has 0 unspecified atom stereocenters. The minimum absolute atomic E-state index is 0.103. The fourth-order valence-electron chi connectivity index (χ4n) is 2.66. The highest BCUT2D eigenvalue weighted by molar-refractivity contribution is 7.90. The normalized spacial score (nSPS) is 22.5. The van der Waals surface area contributed by atoms with Gasteiger partial charge in [0, 0.05) is 13.0 Å². The van der Waals surface area contributed by atoms with E-state index in [0.29, 0.717) is 19.7 Å². The van der Waals surface area contributed by atoms with Gasteiger partial charge < -0.3 is 10.1 Å². The molecule has 24 heavy (non-hydrogen) atoms. The number of hydrogen-bond acceptors (Lipinski definition) is 7. The topological polar surface area (TPSA) is 101 Å². The molecular weight excluding hydrogens is 352 g/mol. The smallest absolute Gasteiger partial charge is 0.222 e. The Kier molecular flexibility index (Phi) is 5.48. The number of morpholine rings is 1. The maximum absolute atomic E-state index is 12.5. The minimum atomic E-state index is -3.30. The molecule has 2 fully saturated rings. The Morgan fingerprint density at radius 3 is 2.79 bits per heavy atom. The van der Waals surface area contributed by atoms with Crippen LogP contribution in [0.4, 0.5) is 0 Å². The van der Waals surface area contributed by atoms with Gasteiger partial charge in [-0.1, -0.05) is 18.3 Å². The largest absolute Gasteiger partial charge is 0.378 e. The van der Waals surface area contributed by atoms with Gasteiger partial charge in [0.05, 0.1) is 31.1 Å². The van der Waals surface area contributed by atoms with E-state index < -0.39 is 16.1 Å². The molecule has 0 aromatic carbocycles. The lowest BCUT2D eigenvalue weighted by Crippen LogP contribution is -2.51. The van der Waals surface area contributed by atoms with Crippen LogP contribution in [-0.2, 0) is 32.5 Å². The van der Waals surface area contributed by atoms with Crippen LogP contribution in [-0.4, -0.2) is 59.9 Å². The summed E-state index contributed by atoms with van der Waals surface area (Å²) < 4.78 is 31.8. The highest BCUT2D eigenvalue weighted by atomic mass is 32.2. The molecule has 10 heteroatoms. The van der Waals surface area contributed by atoms with Crippen molar-refractivity contribution in [3.8, 4) is 0 Å². The second kappa shape index (κ2) is 7.42. The maximum Gasteiger partial charge on any atom is 0.222 e. The molecule has 1 aliphatic heterocycles. The van der Waals surface area contributed by atoms with Crippen molar-refractivity contribution in [1.29, 1.82) is 0 Å². The van der Waals surface area contributed by atoms with Crippen LogP contribution in [0.3, 0.4) is 0 Å². The number of aryl methyl sites for hydroxylation is 1. The number of aromatic nitrogens is 2. The first-order valence-electron chi connectivity index (χ1n) is 8.17. The molecule has 1 aliphatic carbocycles. The van der Waals surface area contributed by atoms with E-state index in [0.717, 1.165) is 29.3 Å². The van der Waals surface area contributed by atoms with Crippen LogP contribution in [0.2, 0.25) is 0 Å². The van der Waals surface area contributed by atoms with Crippen LogP contribution in [0.5, 0.6) is 0 Å². The molecule has 134 valence electrons. The van der Waals surface area contributed by atoms with E-state index in [1.807, 2.05) is 6.92 Å². The van der Waals surface area contributed by atoms with E-state index in [2.05, 4.69) is 15.5 Å². The molecule has 8 nitrogen and oxygen atoms in total. The number of ether oxygens (including phenoxy) is 1. The third-order valence-electron chi connectivity index (χ3n) is 4.11. The van der Waals surface area contributed by atoms with E-state index in [9.17, 15) is 13.2 Å². The van der Waals surface area contributed by atoms with Crippen molar-refractivity contribution in [2.75, 3.05) is 19.8 Å². The fourth-order valence-corrected chi connectivity index (χ4v) is 5.37. The van der Waals surface area contributed by atoms with Gasteiger partial charge in [-0.15, -0.1) is 10.2 Å². The van der Waals surface area contributed by atoms with Gasteiger partial charge in [0.2, 0.25) is 15.9 Å². The first-order chi connectivity index (χ1) is 11.5. The van der Waals surface area contributed by atoms with Crippen molar-refractivity contribution in [3.05, 3.63) is 10.0 Å². The van der Waals surface area contributed by atoms with Crippen LogP contribution in [0.15, 0.2) is 0 Å². The second-order valence-corrected chi connectivity index (χ2v) is 9.32. The van der Waals surface area contributed by atoms with Gasteiger partial charge in [0.25, 0.3) is 0 Å². The summed E-state index contributed by atoms with van der Waals surface area (Å²) in [7, 11) is -3.30. The third kappa shape index (κ3) is 4.11. The van der Waals surface area contributed by atoms with Gasteiger partial charge in [-0.2, -0.15) is 4.31 Å². The molecule has 0 spiro atoms. The molecule has 3 rings (SSSR count). The van der Waals surface area contributed by atoms with E-state index in [4.69, 9.17) is 4.74 Å². The fraction of sp³-hybridized carbons (Fsp3) is 0.786. The average Bonchev–Trinajstić information content (AvgIpc) is 3.33. The highest BCUT2D eigenvalue weighted by Crippen LogP contribution is 2.33. The highest BCUT2D eigenvalue weighted by Gasteiger charge is 2.44. The molecule has 2 aliphatic rings. The second-order valence-electron chi connectivity index (χ2n) is 6.01. The van der Waals surface area contributed by atoms with Crippen molar-refractivity contribution in [1.82, 2.24) is 19.8 Å². The van der Waals surface area contributed by atoms with Crippen LogP contribution in [0, 0.1) is 0 Å². The molecule has 1 aromatic rings. The third-order valence-corrected chi connectivity index (χ3v) is 7.63. The van der Waals surface area contributed by atoms with Crippen LogP contribution >= 0.6 is 11.3 Å². The Bertz CT molecular complexity index is 687. The summed E-state index contributed by atoms with van der Waals surface area (Å²) in [6.07, 6.45) is 2.36. The van der Waals surface area contributed by atoms with Gasteiger partial charge in [-0.05, 0) is 19.3 Å². The van der Waals surface area contributed by atoms with Crippen LogP contribution < -0.4 is 5.32 Å². The van der Waals surface area contributed by atoms with Gasteiger partial charge in [-0.25, -0.2) is 8.42 Å². The summed E-state index contributed by atoms with van der Waals surface area (Å²) in [6.45, 7) is 3.29. The van der Waals surface area contributed by atoms with Gasteiger partial charge in [-0.3, -0.25) is 4.79 Å². The monoisotopic (exact) mass is 374 g/mol. The van der Waals surface area contributed by atoms with Crippen LogP contribution in [0.1, 0.15) is 36.2 Å². The van der Waals surface area contributed by atoms with Crippen molar-refractivity contribution in [2.24, 2.45) is 0 Å². The average molecular weight is 374 g/mol. The molecule has 2 heterocycles. The molecule has 1 saturated carbocycles. The molecule has 1 atom stereocenters.